The largest absolute Gasteiger partial charge is 0.352 e. The first kappa shape index (κ1) is 27.7. The van der Waals surface area contributed by atoms with E-state index in [-0.39, 0.29) is 6.29 Å². The fourth-order valence-electron chi connectivity index (χ4n) is 3.62. The van der Waals surface area contributed by atoms with Crippen molar-refractivity contribution in [3.05, 3.63) is 12.7 Å². The van der Waals surface area contributed by atoms with Crippen molar-refractivity contribution in [2.75, 3.05) is 13.2 Å². The third-order valence-corrected chi connectivity index (χ3v) is 5.56. The minimum atomic E-state index is -0.0629. The number of rotatable bonds is 23. The normalized spacial score (nSPS) is 12.6. The van der Waals surface area contributed by atoms with Gasteiger partial charge in [0.1, 0.15) is 0 Å². The molecule has 0 saturated carbocycles. The maximum Gasteiger partial charge on any atom is 0.160 e. The topological polar surface area (TPSA) is 18.5 Å². The van der Waals surface area contributed by atoms with Gasteiger partial charge in [0.15, 0.2) is 6.29 Å². The van der Waals surface area contributed by atoms with Gasteiger partial charge in [0.2, 0.25) is 0 Å². The molecule has 0 saturated heterocycles. The van der Waals surface area contributed by atoms with Crippen LogP contribution in [0.3, 0.4) is 0 Å². The molecule has 1 unspecified atom stereocenters. The van der Waals surface area contributed by atoms with Crippen LogP contribution in [0.2, 0.25) is 0 Å². The van der Waals surface area contributed by atoms with Crippen LogP contribution in [0.25, 0.3) is 0 Å². The number of unbranched alkanes of at least 4 members (excludes halogenated alkanes) is 14. The van der Waals surface area contributed by atoms with E-state index < -0.39 is 0 Å². The number of hydrogen-bond donors (Lipinski definition) is 0. The van der Waals surface area contributed by atoms with Crippen LogP contribution in [0.4, 0.5) is 0 Å². The molecule has 0 N–H and O–H groups in total. The zero-order chi connectivity index (χ0) is 20.7. The van der Waals surface area contributed by atoms with E-state index in [2.05, 4.69) is 27.4 Å². The number of hydrogen-bond acceptors (Lipinski definition) is 2. The van der Waals surface area contributed by atoms with Crippen LogP contribution in [0.15, 0.2) is 12.7 Å². The monoisotopic (exact) mass is 396 g/mol. The summed E-state index contributed by atoms with van der Waals surface area (Å²) in [6.07, 6.45) is 24.3. The molecule has 1 atom stereocenters. The number of allylic oxidation sites excluding steroid dienone is 1. The van der Waals surface area contributed by atoms with Crippen molar-refractivity contribution >= 4 is 0 Å². The highest BCUT2D eigenvalue weighted by Crippen LogP contribution is 2.17. The molecule has 0 aromatic heterocycles. The van der Waals surface area contributed by atoms with Gasteiger partial charge in [0, 0.05) is 19.1 Å². The van der Waals surface area contributed by atoms with Crippen LogP contribution >= 0.6 is 0 Å². The van der Waals surface area contributed by atoms with E-state index in [1.54, 1.807) is 0 Å². The first-order valence-electron chi connectivity index (χ1n) is 12.6. The zero-order valence-corrected chi connectivity index (χ0v) is 19.7. The molecule has 0 bridgehead atoms. The Labute approximate surface area is 177 Å². The van der Waals surface area contributed by atoms with Gasteiger partial charge in [-0.2, -0.15) is 0 Å². The van der Waals surface area contributed by atoms with Crippen molar-refractivity contribution in [3.8, 4) is 0 Å². The average molecular weight is 397 g/mol. The molecule has 0 spiro atoms. The second-order valence-electron chi connectivity index (χ2n) is 8.56. The molecular formula is C26H52O2. The second-order valence-corrected chi connectivity index (χ2v) is 8.56. The molecule has 0 aliphatic rings. The van der Waals surface area contributed by atoms with Crippen LogP contribution in [-0.4, -0.2) is 19.5 Å². The van der Waals surface area contributed by atoms with Crippen molar-refractivity contribution in [1.82, 2.24) is 0 Å². The van der Waals surface area contributed by atoms with E-state index >= 15 is 0 Å². The molecule has 2 nitrogen and oxygen atoms in total. The average Bonchev–Trinajstić information content (AvgIpc) is 2.69. The van der Waals surface area contributed by atoms with Crippen LogP contribution in [0.1, 0.15) is 130 Å². The fraction of sp³-hybridized carbons (Fsp3) is 0.923. The summed E-state index contributed by atoms with van der Waals surface area (Å²) in [5, 5.41) is 0. The van der Waals surface area contributed by atoms with Gasteiger partial charge in [0.05, 0.1) is 0 Å². The summed E-state index contributed by atoms with van der Waals surface area (Å²) in [4.78, 5) is 0. The Morgan fingerprint density at radius 2 is 0.964 bits per heavy atom. The van der Waals surface area contributed by atoms with E-state index in [0.29, 0.717) is 5.92 Å². The lowest BCUT2D eigenvalue weighted by molar-refractivity contribution is -0.169. The summed E-state index contributed by atoms with van der Waals surface area (Å²) in [5.41, 5.74) is 0. The Morgan fingerprint density at radius 3 is 1.32 bits per heavy atom. The van der Waals surface area contributed by atoms with Crippen molar-refractivity contribution in [3.63, 3.8) is 0 Å². The zero-order valence-electron chi connectivity index (χ0n) is 19.7. The van der Waals surface area contributed by atoms with Gasteiger partial charge in [-0.25, -0.2) is 0 Å². The number of ether oxygens (including phenoxy) is 2. The highest BCUT2D eigenvalue weighted by Gasteiger charge is 2.17. The molecule has 0 aliphatic carbocycles. The van der Waals surface area contributed by atoms with E-state index in [0.717, 1.165) is 32.5 Å². The van der Waals surface area contributed by atoms with Crippen molar-refractivity contribution in [2.24, 2.45) is 5.92 Å². The minimum absolute atomic E-state index is 0.0629. The Bertz CT molecular complexity index is 281. The second kappa shape index (κ2) is 22.9. The highest BCUT2D eigenvalue weighted by atomic mass is 16.7. The van der Waals surface area contributed by atoms with Gasteiger partial charge in [-0.3, -0.25) is 0 Å². The maximum atomic E-state index is 6.10. The van der Waals surface area contributed by atoms with Crippen LogP contribution in [-0.2, 0) is 9.47 Å². The Kier molecular flexibility index (Phi) is 22.7. The van der Waals surface area contributed by atoms with Crippen molar-refractivity contribution < 1.29 is 9.47 Å². The molecule has 0 aliphatic heterocycles. The first-order valence-corrected chi connectivity index (χ1v) is 12.6. The SMILES string of the molecule is C=CCC(C)C(OCCCCCCCCCC)OCCCCCCCCCC. The fourth-order valence-corrected chi connectivity index (χ4v) is 3.62. The molecule has 0 amide bonds. The summed E-state index contributed by atoms with van der Waals surface area (Å²) < 4.78 is 12.2. The third kappa shape index (κ3) is 19.0. The molecule has 168 valence electrons. The standard InChI is InChI=1S/C26H52O2/c1-5-8-10-12-14-16-18-20-23-27-26(25(4)22-7-3)28-24-21-19-17-15-13-11-9-6-2/h7,25-26H,3,5-6,8-24H2,1-2,4H3. The minimum Gasteiger partial charge on any atom is -0.352 e. The van der Waals surface area contributed by atoms with Crippen molar-refractivity contribution in [2.45, 2.75) is 136 Å². The highest BCUT2D eigenvalue weighted by molar-refractivity contribution is 4.72. The lowest BCUT2D eigenvalue weighted by Gasteiger charge is -2.24. The molecule has 0 rings (SSSR count). The molecule has 2 heteroatoms. The lowest BCUT2D eigenvalue weighted by Crippen LogP contribution is -2.26. The summed E-state index contributed by atoms with van der Waals surface area (Å²) in [6, 6.07) is 0. The molecule has 0 radical (unpaired) electrons. The van der Waals surface area contributed by atoms with Crippen molar-refractivity contribution in [1.29, 1.82) is 0 Å². The van der Waals surface area contributed by atoms with E-state index in [1.807, 2.05) is 6.08 Å². The Balaban J connectivity index is 3.73. The molecule has 0 aromatic rings. The van der Waals surface area contributed by atoms with Crippen LogP contribution in [0, 0.1) is 5.92 Å². The molecule has 0 heterocycles. The van der Waals surface area contributed by atoms with Gasteiger partial charge in [-0.1, -0.05) is 117 Å². The third-order valence-electron chi connectivity index (χ3n) is 5.56. The van der Waals surface area contributed by atoms with Gasteiger partial charge in [-0.15, -0.1) is 6.58 Å². The van der Waals surface area contributed by atoms with E-state index in [9.17, 15) is 0 Å². The van der Waals surface area contributed by atoms with E-state index in [4.69, 9.17) is 9.47 Å². The quantitative estimate of drug-likeness (QED) is 0.0975. The Hall–Kier alpha value is -0.340. The smallest absolute Gasteiger partial charge is 0.160 e. The van der Waals surface area contributed by atoms with Crippen LogP contribution in [0.5, 0.6) is 0 Å². The van der Waals surface area contributed by atoms with Crippen LogP contribution < -0.4 is 0 Å². The van der Waals surface area contributed by atoms with Gasteiger partial charge in [0.25, 0.3) is 0 Å². The molecule has 0 fully saturated rings. The summed E-state index contributed by atoms with van der Waals surface area (Å²) in [5.74, 6) is 0.389. The van der Waals surface area contributed by atoms with Gasteiger partial charge in [-0.05, 0) is 19.3 Å². The molecule has 0 aromatic carbocycles. The summed E-state index contributed by atoms with van der Waals surface area (Å²) in [7, 11) is 0. The maximum absolute atomic E-state index is 6.10. The van der Waals surface area contributed by atoms with Gasteiger partial charge >= 0.3 is 0 Å². The first-order chi connectivity index (χ1) is 13.8. The summed E-state index contributed by atoms with van der Waals surface area (Å²) >= 11 is 0. The lowest BCUT2D eigenvalue weighted by atomic mass is 10.1. The Morgan fingerprint density at radius 1 is 0.607 bits per heavy atom. The van der Waals surface area contributed by atoms with E-state index in [1.165, 1.54) is 89.9 Å². The predicted octanol–water partition coefficient (Wildman–Crippen LogP) is 8.84. The molecular weight excluding hydrogens is 344 g/mol. The predicted molar refractivity (Wildman–Crippen MR) is 125 cm³/mol. The van der Waals surface area contributed by atoms with Gasteiger partial charge < -0.3 is 9.47 Å². The molecule has 28 heavy (non-hydrogen) atoms. The summed E-state index contributed by atoms with van der Waals surface area (Å²) in [6.45, 7) is 12.3.